The van der Waals surface area contributed by atoms with Crippen LogP contribution in [0.3, 0.4) is 0 Å². The number of fused-ring (bicyclic) bond motifs is 1. The summed E-state index contributed by atoms with van der Waals surface area (Å²) in [5, 5.41) is 2.85. The molecule has 0 unspecified atom stereocenters. The molecule has 1 aliphatic rings. The van der Waals surface area contributed by atoms with E-state index in [1.54, 1.807) is 37.0 Å². The number of benzene rings is 1. The van der Waals surface area contributed by atoms with Crippen LogP contribution in [0.1, 0.15) is 26.7 Å². The Labute approximate surface area is 169 Å². The van der Waals surface area contributed by atoms with Gasteiger partial charge in [0, 0.05) is 39.5 Å². The third-order valence-corrected chi connectivity index (χ3v) is 4.81. The van der Waals surface area contributed by atoms with Gasteiger partial charge in [-0.1, -0.05) is 6.07 Å². The molecule has 1 aromatic heterocycles. The van der Waals surface area contributed by atoms with E-state index < -0.39 is 0 Å². The highest BCUT2D eigenvalue weighted by Gasteiger charge is 2.27. The van der Waals surface area contributed by atoms with Gasteiger partial charge in [-0.25, -0.2) is 4.98 Å². The van der Waals surface area contributed by atoms with Crippen LogP contribution >= 0.6 is 0 Å². The van der Waals surface area contributed by atoms with Gasteiger partial charge in [0.25, 0.3) is 11.8 Å². The van der Waals surface area contributed by atoms with Crippen LogP contribution in [0.15, 0.2) is 24.4 Å². The number of hydrogen-bond acceptors (Lipinski definition) is 6. The molecule has 1 aliphatic heterocycles. The molecule has 9 nitrogen and oxygen atoms in total. The number of methoxy groups -OCH3 is 3. The Morgan fingerprint density at radius 3 is 2.69 bits per heavy atom. The van der Waals surface area contributed by atoms with Gasteiger partial charge in [0.05, 0.1) is 20.8 Å². The van der Waals surface area contributed by atoms with E-state index in [9.17, 15) is 9.59 Å². The van der Waals surface area contributed by atoms with Gasteiger partial charge in [0.1, 0.15) is 5.69 Å². The Hall–Kier alpha value is -3.07. The van der Waals surface area contributed by atoms with Crippen molar-refractivity contribution in [3.05, 3.63) is 41.5 Å². The SMILES string of the molecule is COCCN1CCn2cc(C(=O)NCCc3ccc(OC)c(OC)c3)nc2C1=O. The van der Waals surface area contributed by atoms with Gasteiger partial charge in [-0.2, -0.15) is 0 Å². The van der Waals surface area contributed by atoms with E-state index in [0.717, 1.165) is 5.56 Å². The molecular formula is C20H26N4O5. The summed E-state index contributed by atoms with van der Waals surface area (Å²) in [6.45, 7) is 2.60. The van der Waals surface area contributed by atoms with Gasteiger partial charge >= 0.3 is 0 Å². The normalized spacial score (nSPS) is 13.2. The lowest BCUT2D eigenvalue weighted by Gasteiger charge is -2.26. The molecule has 0 aliphatic carbocycles. The van der Waals surface area contributed by atoms with Crippen LogP contribution in [0, 0.1) is 0 Å². The number of imidazole rings is 1. The smallest absolute Gasteiger partial charge is 0.290 e. The van der Waals surface area contributed by atoms with E-state index in [-0.39, 0.29) is 23.3 Å². The largest absolute Gasteiger partial charge is 0.493 e. The molecule has 3 rings (SSSR count). The number of carbonyl (C=O) groups excluding carboxylic acids is 2. The summed E-state index contributed by atoms with van der Waals surface area (Å²) in [4.78, 5) is 30.9. The Morgan fingerprint density at radius 2 is 1.97 bits per heavy atom. The van der Waals surface area contributed by atoms with Crippen LogP contribution < -0.4 is 14.8 Å². The lowest BCUT2D eigenvalue weighted by Crippen LogP contribution is -2.42. The molecular weight excluding hydrogens is 376 g/mol. The second-order valence-corrected chi connectivity index (χ2v) is 6.62. The van der Waals surface area contributed by atoms with Crippen molar-refractivity contribution in [2.24, 2.45) is 0 Å². The lowest BCUT2D eigenvalue weighted by molar-refractivity contribution is 0.0633. The molecule has 0 spiro atoms. The maximum atomic E-state index is 12.5. The minimum absolute atomic E-state index is 0.183. The van der Waals surface area contributed by atoms with Gasteiger partial charge < -0.3 is 29.0 Å². The van der Waals surface area contributed by atoms with Crippen molar-refractivity contribution in [3.63, 3.8) is 0 Å². The minimum Gasteiger partial charge on any atom is -0.493 e. The van der Waals surface area contributed by atoms with Gasteiger partial charge in [0.2, 0.25) is 0 Å². The summed E-state index contributed by atoms with van der Waals surface area (Å²) in [5.41, 5.74) is 1.25. The summed E-state index contributed by atoms with van der Waals surface area (Å²) < 4.78 is 17.3. The van der Waals surface area contributed by atoms with E-state index >= 15 is 0 Å². The van der Waals surface area contributed by atoms with Crippen LogP contribution in [0.2, 0.25) is 0 Å². The van der Waals surface area contributed by atoms with E-state index in [4.69, 9.17) is 14.2 Å². The molecule has 0 saturated carbocycles. The fraction of sp³-hybridized carbons (Fsp3) is 0.450. The molecule has 156 valence electrons. The number of hydrogen-bond donors (Lipinski definition) is 1. The standard InChI is InChI=1S/C20H26N4O5/c1-27-11-10-23-8-9-24-13-15(22-18(24)20(23)26)19(25)21-7-6-14-4-5-16(28-2)17(12-14)29-3/h4-5,12-13H,6-11H2,1-3H3,(H,21,25). The summed E-state index contributed by atoms with van der Waals surface area (Å²) in [5.74, 6) is 1.11. The first-order valence-electron chi connectivity index (χ1n) is 9.42. The maximum absolute atomic E-state index is 12.5. The zero-order chi connectivity index (χ0) is 20.8. The monoisotopic (exact) mass is 402 g/mol. The molecule has 29 heavy (non-hydrogen) atoms. The average molecular weight is 402 g/mol. The van der Waals surface area contributed by atoms with Crippen LogP contribution in [-0.4, -0.2) is 73.8 Å². The van der Waals surface area contributed by atoms with Crippen molar-refractivity contribution >= 4 is 11.8 Å². The summed E-state index contributed by atoms with van der Waals surface area (Å²) in [6, 6.07) is 5.64. The number of ether oxygens (including phenoxy) is 3. The summed E-state index contributed by atoms with van der Waals surface area (Å²) in [7, 11) is 4.77. The van der Waals surface area contributed by atoms with E-state index in [2.05, 4.69) is 10.3 Å². The van der Waals surface area contributed by atoms with Crippen LogP contribution in [0.5, 0.6) is 11.5 Å². The predicted molar refractivity (Wildman–Crippen MR) is 106 cm³/mol. The molecule has 0 saturated heterocycles. The van der Waals surface area contributed by atoms with Gasteiger partial charge in [-0.15, -0.1) is 0 Å². The van der Waals surface area contributed by atoms with Crippen molar-refractivity contribution in [1.29, 1.82) is 0 Å². The molecule has 9 heteroatoms. The van der Waals surface area contributed by atoms with Gasteiger partial charge in [0.15, 0.2) is 17.3 Å². The number of nitrogens with one attached hydrogen (secondary N) is 1. The highest BCUT2D eigenvalue weighted by atomic mass is 16.5. The predicted octanol–water partition coefficient (Wildman–Crippen LogP) is 0.975. The molecule has 2 heterocycles. The first kappa shape index (κ1) is 20.7. The first-order valence-corrected chi connectivity index (χ1v) is 9.42. The number of carbonyl (C=O) groups is 2. The number of nitrogens with zero attached hydrogens (tertiary/aromatic N) is 3. The average Bonchev–Trinajstić information content (AvgIpc) is 3.18. The molecule has 0 fully saturated rings. The molecule has 0 bridgehead atoms. The third kappa shape index (κ3) is 4.68. The first-order chi connectivity index (χ1) is 14.1. The Balaban J connectivity index is 1.58. The van der Waals surface area contributed by atoms with Crippen LogP contribution in [0.25, 0.3) is 0 Å². The second kappa shape index (κ2) is 9.42. The molecule has 0 atom stereocenters. The van der Waals surface area contributed by atoms with Crippen LogP contribution in [0.4, 0.5) is 0 Å². The maximum Gasteiger partial charge on any atom is 0.290 e. The Bertz CT molecular complexity index is 880. The van der Waals surface area contributed by atoms with Crippen molar-refractivity contribution in [2.75, 3.05) is 47.6 Å². The zero-order valence-electron chi connectivity index (χ0n) is 16.9. The van der Waals surface area contributed by atoms with Gasteiger partial charge in [-0.3, -0.25) is 9.59 Å². The molecule has 1 N–H and O–H groups in total. The fourth-order valence-electron chi connectivity index (χ4n) is 3.20. The topological polar surface area (TPSA) is 94.9 Å². The third-order valence-electron chi connectivity index (χ3n) is 4.81. The Morgan fingerprint density at radius 1 is 1.17 bits per heavy atom. The van der Waals surface area contributed by atoms with Crippen molar-refractivity contribution in [2.45, 2.75) is 13.0 Å². The fourth-order valence-corrected chi connectivity index (χ4v) is 3.20. The highest BCUT2D eigenvalue weighted by Crippen LogP contribution is 2.27. The van der Waals surface area contributed by atoms with E-state index in [1.165, 1.54) is 0 Å². The molecule has 2 amide bonds. The molecule has 2 aromatic rings. The number of aromatic nitrogens is 2. The van der Waals surface area contributed by atoms with Crippen molar-refractivity contribution in [1.82, 2.24) is 19.8 Å². The zero-order valence-corrected chi connectivity index (χ0v) is 16.9. The highest BCUT2D eigenvalue weighted by molar-refractivity contribution is 5.96. The number of rotatable bonds is 9. The second-order valence-electron chi connectivity index (χ2n) is 6.62. The summed E-state index contributed by atoms with van der Waals surface area (Å²) in [6.07, 6.45) is 2.26. The van der Waals surface area contributed by atoms with E-state index in [1.807, 2.05) is 18.2 Å². The quantitative estimate of drug-likeness (QED) is 0.672. The minimum atomic E-state index is -0.302. The van der Waals surface area contributed by atoms with Crippen molar-refractivity contribution < 1.29 is 23.8 Å². The number of amides is 2. The van der Waals surface area contributed by atoms with Crippen LogP contribution in [-0.2, 0) is 17.7 Å². The molecule has 1 aromatic carbocycles. The summed E-state index contributed by atoms with van der Waals surface area (Å²) >= 11 is 0. The van der Waals surface area contributed by atoms with Crippen molar-refractivity contribution in [3.8, 4) is 11.5 Å². The lowest BCUT2D eigenvalue weighted by atomic mass is 10.1. The molecule has 0 radical (unpaired) electrons. The van der Waals surface area contributed by atoms with Gasteiger partial charge in [-0.05, 0) is 24.1 Å². The Kier molecular flexibility index (Phi) is 6.71. The van der Waals surface area contributed by atoms with E-state index in [0.29, 0.717) is 50.7 Å².